The van der Waals surface area contributed by atoms with E-state index in [1.54, 1.807) is 0 Å². The molecule has 0 amide bonds. The van der Waals surface area contributed by atoms with E-state index < -0.39 is 0 Å². The lowest BCUT2D eigenvalue weighted by Crippen LogP contribution is -2.08. The Kier molecular flexibility index (Phi) is 3.36. The molecule has 0 radical (unpaired) electrons. The number of benzene rings is 2. The second kappa shape index (κ2) is 5.86. The van der Waals surface area contributed by atoms with Crippen LogP contribution in [0.3, 0.4) is 0 Å². The van der Waals surface area contributed by atoms with Crippen LogP contribution in [0.2, 0.25) is 0 Å². The van der Waals surface area contributed by atoms with Crippen molar-refractivity contribution in [3.8, 4) is 17.2 Å². The highest BCUT2D eigenvalue weighted by atomic mass is 16.5. The lowest BCUT2D eigenvalue weighted by atomic mass is 10.2. The van der Waals surface area contributed by atoms with E-state index in [4.69, 9.17) is 10.5 Å². The van der Waals surface area contributed by atoms with Gasteiger partial charge in [-0.15, -0.1) is 0 Å². The maximum Gasteiger partial charge on any atom is 0.151 e. The van der Waals surface area contributed by atoms with Gasteiger partial charge in [-0.1, -0.05) is 18.2 Å². The first-order valence-corrected chi connectivity index (χ1v) is 8.48. The third-order valence-electron chi connectivity index (χ3n) is 4.65. The number of nitrogens with one attached hydrogen (secondary N) is 1. The highest BCUT2D eigenvalue weighted by Crippen LogP contribution is 2.34. The summed E-state index contributed by atoms with van der Waals surface area (Å²) in [6.45, 7) is 1.58. The van der Waals surface area contributed by atoms with Crippen molar-refractivity contribution in [2.75, 3.05) is 5.73 Å². The molecule has 0 saturated heterocycles. The number of hydrogen-bond donors (Lipinski definition) is 2. The molecule has 3 N–H and O–H groups in total. The number of ether oxygens (including phenoxy) is 1. The van der Waals surface area contributed by atoms with Gasteiger partial charge in [0.1, 0.15) is 23.3 Å². The van der Waals surface area contributed by atoms with Crippen LogP contribution in [0.4, 0.5) is 5.82 Å². The minimum atomic E-state index is 0.494. The van der Waals surface area contributed by atoms with Crippen LogP contribution < -0.4 is 15.8 Å². The number of fused-ring (bicyclic) bond motifs is 3. The van der Waals surface area contributed by atoms with E-state index in [0.717, 1.165) is 41.3 Å². The minimum Gasteiger partial charge on any atom is -0.457 e. The first-order chi connectivity index (χ1) is 12.8. The normalized spacial score (nSPS) is 13.1. The number of aromatic nitrogens is 3. The molecule has 1 aliphatic rings. The highest BCUT2D eigenvalue weighted by Gasteiger charge is 2.24. The average Bonchev–Trinajstić information content (AvgIpc) is 3.25. The van der Waals surface area contributed by atoms with E-state index in [1.807, 2.05) is 54.6 Å². The molecular weight excluding hydrogens is 326 g/mol. The third kappa shape index (κ3) is 2.31. The second-order valence-electron chi connectivity index (χ2n) is 6.23. The zero-order valence-electron chi connectivity index (χ0n) is 14.0. The van der Waals surface area contributed by atoms with Gasteiger partial charge in [0.2, 0.25) is 0 Å². The standard InChI is InChI=1S/C20H17N5O/c21-20-19-18(23-12-24-20)16-10-22-11-17(16)25(19)13-6-8-15(9-7-13)26-14-4-2-1-3-5-14/h1-9,12,22H,10-11H2,(H2,21,23,24). The van der Waals surface area contributed by atoms with Crippen molar-refractivity contribution in [1.82, 2.24) is 19.9 Å². The summed E-state index contributed by atoms with van der Waals surface area (Å²) in [4.78, 5) is 8.64. The van der Waals surface area contributed by atoms with Gasteiger partial charge in [0.25, 0.3) is 0 Å². The number of nitrogens with two attached hydrogens (primary N) is 1. The second-order valence-corrected chi connectivity index (χ2v) is 6.23. The quantitative estimate of drug-likeness (QED) is 0.596. The van der Waals surface area contributed by atoms with Crippen molar-refractivity contribution in [2.45, 2.75) is 13.1 Å². The van der Waals surface area contributed by atoms with E-state index in [2.05, 4.69) is 19.9 Å². The summed E-state index contributed by atoms with van der Waals surface area (Å²) in [5, 5.41) is 3.39. The van der Waals surface area contributed by atoms with Crippen molar-refractivity contribution >= 4 is 16.9 Å². The molecule has 2 aromatic heterocycles. The maximum atomic E-state index is 6.17. The van der Waals surface area contributed by atoms with Crippen LogP contribution in [0.1, 0.15) is 11.3 Å². The number of rotatable bonds is 3. The van der Waals surface area contributed by atoms with Crippen LogP contribution in [0.25, 0.3) is 16.7 Å². The summed E-state index contributed by atoms with van der Waals surface area (Å²) in [6, 6.07) is 17.7. The SMILES string of the molecule is Nc1ncnc2c3c(n(-c4ccc(Oc5ccccc5)cc4)c12)CNC3. The number of anilines is 1. The van der Waals surface area contributed by atoms with E-state index in [9.17, 15) is 0 Å². The average molecular weight is 343 g/mol. The monoisotopic (exact) mass is 343 g/mol. The summed E-state index contributed by atoms with van der Waals surface area (Å²) in [5.41, 5.74) is 11.4. The predicted octanol–water partition coefficient (Wildman–Crippen LogP) is 3.40. The van der Waals surface area contributed by atoms with Gasteiger partial charge in [-0.3, -0.25) is 0 Å². The van der Waals surface area contributed by atoms with Gasteiger partial charge in [0.15, 0.2) is 5.82 Å². The van der Waals surface area contributed by atoms with Crippen LogP contribution in [0.5, 0.6) is 11.5 Å². The molecule has 4 aromatic rings. The van der Waals surface area contributed by atoms with Gasteiger partial charge < -0.3 is 20.4 Å². The van der Waals surface area contributed by atoms with Crippen LogP contribution in [0, 0.1) is 0 Å². The summed E-state index contributed by atoms with van der Waals surface area (Å²) in [7, 11) is 0. The van der Waals surface area contributed by atoms with E-state index >= 15 is 0 Å². The Bertz CT molecular complexity index is 1090. The first kappa shape index (κ1) is 14.9. The molecule has 26 heavy (non-hydrogen) atoms. The Labute approximate surface area is 150 Å². The predicted molar refractivity (Wildman–Crippen MR) is 100 cm³/mol. The van der Waals surface area contributed by atoms with Crippen LogP contribution >= 0.6 is 0 Å². The largest absolute Gasteiger partial charge is 0.457 e. The zero-order valence-corrected chi connectivity index (χ0v) is 14.0. The van der Waals surface area contributed by atoms with Crippen LogP contribution in [-0.2, 0) is 13.1 Å². The highest BCUT2D eigenvalue weighted by molar-refractivity contribution is 5.91. The van der Waals surface area contributed by atoms with Crippen molar-refractivity contribution in [1.29, 1.82) is 0 Å². The molecule has 128 valence electrons. The molecular formula is C20H17N5O. The molecule has 5 rings (SSSR count). The minimum absolute atomic E-state index is 0.494. The van der Waals surface area contributed by atoms with E-state index in [0.29, 0.717) is 5.82 Å². The zero-order chi connectivity index (χ0) is 17.5. The first-order valence-electron chi connectivity index (χ1n) is 8.48. The molecule has 6 heteroatoms. The van der Waals surface area contributed by atoms with Crippen molar-refractivity contribution in [2.24, 2.45) is 0 Å². The van der Waals surface area contributed by atoms with Crippen molar-refractivity contribution in [3.63, 3.8) is 0 Å². The van der Waals surface area contributed by atoms with Gasteiger partial charge in [-0.2, -0.15) is 0 Å². The Hall–Kier alpha value is -3.38. The van der Waals surface area contributed by atoms with Gasteiger partial charge in [0, 0.05) is 30.0 Å². The Morgan fingerprint density at radius 3 is 2.50 bits per heavy atom. The molecule has 0 unspecified atom stereocenters. The number of nitrogens with zero attached hydrogens (tertiary/aromatic N) is 3. The Balaban J connectivity index is 1.59. The maximum absolute atomic E-state index is 6.17. The van der Waals surface area contributed by atoms with Gasteiger partial charge in [-0.05, 0) is 36.4 Å². The molecule has 1 aliphatic heterocycles. The van der Waals surface area contributed by atoms with Crippen LogP contribution in [0.15, 0.2) is 60.9 Å². The smallest absolute Gasteiger partial charge is 0.151 e. The van der Waals surface area contributed by atoms with Gasteiger partial charge in [0.05, 0.1) is 5.52 Å². The molecule has 0 atom stereocenters. The van der Waals surface area contributed by atoms with Crippen molar-refractivity contribution < 1.29 is 4.74 Å². The molecule has 0 fully saturated rings. The van der Waals surface area contributed by atoms with Crippen LogP contribution in [-0.4, -0.2) is 14.5 Å². The molecule has 0 aliphatic carbocycles. The summed E-state index contributed by atoms with van der Waals surface area (Å²) >= 11 is 0. The van der Waals surface area contributed by atoms with Gasteiger partial charge in [-0.25, -0.2) is 9.97 Å². The molecule has 0 bridgehead atoms. The van der Waals surface area contributed by atoms with Crippen molar-refractivity contribution in [3.05, 3.63) is 72.2 Å². The fraction of sp³-hybridized carbons (Fsp3) is 0.100. The summed E-state index contributed by atoms with van der Waals surface area (Å²) in [5.74, 6) is 2.10. The van der Waals surface area contributed by atoms with E-state index in [-0.39, 0.29) is 0 Å². The molecule has 0 spiro atoms. The van der Waals surface area contributed by atoms with E-state index in [1.165, 1.54) is 17.6 Å². The fourth-order valence-electron chi connectivity index (χ4n) is 3.49. The number of hydrogen-bond acceptors (Lipinski definition) is 5. The lowest BCUT2D eigenvalue weighted by Gasteiger charge is -2.12. The Morgan fingerprint density at radius 1 is 0.923 bits per heavy atom. The third-order valence-corrected chi connectivity index (χ3v) is 4.65. The Morgan fingerprint density at radius 2 is 1.69 bits per heavy atom. The topological polar surface area (TPSA) is 78.0 Å². The molecule has 0 saturated carbocycles. The number of nitrogen functional groups attached to an aromatic ring is 1. The van der Waals surface area contributed by atoms with Gasteiger partial charge >= 0.3 is 0 Å². The number of para-hydroxylation sites is 1. The lowest BCUT2D eigenvalue weighted by molar-refractivity contribution is 0.482. The fourth-order valence-corrected chi connectivity index (χ4v) is 3.49. The molecule has 3 heterocycles. The molecule has 2 aromatic carbocycles. The molecule has 6 nitrogen and oxygen atoms in total. The summed E-state index contributed by atoms with van der Waals surface area (Å²) in [6.07, 6.45) is 1.53. The summed E-state index contributed by atoms with van der Waals surface area (Å²) < 4.78 is 8.03.